The van der Waals surface area contributed by atoms with E-state index in [1.54, 1.807) is 0 Å². The highest BCUT2D eigenvalue weighted by atomic mass is 16.5. The van der Waals surface area contributed by atoms with Crippen LogP contribution in [0.15, 0.2) is 18.2 Å². The molecule has 0 aromatic carbocycles. The molecule has 1 N–H and O–H groups in total. The maximum absolute atomic E-state index is 5.70. The molecule has 20 heavy (non-hydrogen) atoms. The van der Waals surface area contributed by atoms with Crippen LogP contribution in [0.3, 0.4) is 0 Å². The van der Waals surface area contributed by atoms with Gasteiger partial charge < -0.3 is 10.1 Å². The molecule has 0 amide bonds. The Kier molecular flexibility index (Phi) is 6.48. The fourth-order valence-electron chi connectivity index (χ4n) is 2.85. The molecule has 2 rings (SSSR count). The highest BCUT2D eigenvalue weighted by Crippen LogP contribution is 2.22. The molecule has 2 heterocycles. The van der Waals surface area contributed by atoms with Crippen molar-refractivity contribution in [1.29, 1.82) is 0 Å². The minimum atomic E-state index is 0.385. The third-order valence-corrected chi connectivity index (χ3v) is 3.95. The Morgan fingerprint density at radius 1 is 1.45 bits per heavy atom. The molecule has 112 valence electrons. The van der Waals surface area contributed by atoms with E-state index in [0.717, 1.165) is 31.7 Å². The van der Waals surface area contributed by atoms with Crippen LogP contribution in [0.25, 0.3) is 0 Å². The fraction of sp³-hybridized carbons (Fsp3) is 0.706. The van der Waals surface area contributed by atoms with Gasteiger partial charge in [0.15, 0.2) is 0 Å². The molecular weight excluding hydrogens is 248 g/mol. The normalized spacial score (nSPS) is 20.2. The van der Waals surface area contributed by atoms with E-state index < -0.39 is 0 Å². The van der Waals surface area contributed by atoms with Crippen LogP contribution >= 0.6 is 0 Å². The van der Waals surface area contributed by atoms with E-state index in [4.69, 9.17) is 4.74 Å². The summed E-state index contributed by atoms with van der Waals surface area (Å²) in [7, 11) is 0. The highest BCUT2D eigenvalue weighted by molar-refractivity contribution is 5.13. The van der Waals surface area contributed by atoms with Crippen LogP contribution in [0.5, 0.6) is 0 Å². The van der Waals surface area contributed by atoms with Gasteiger partial charge in [-0.2, -0.15) is 0 Å². The van der Waals surface area contributed by atoms with Gasteiger partial charge in [0.05, 0.1) is 11.8 Å². The first-order valence-corrected chi connectivity index (χ1v) is 8.08. The van der Waals surface area contributed by atoms with Crippen molar-refractivity contribution in [2.24, 2.45) is 0 Å². The van der Waals surface area contributed by atoms with Crippen LogP contribution in [0.4, 0.5) is 0 Å². The van der Waals surface area contributed by atoms with Crippen LogP contribution in [-0.4, -0.2) is 24.2 Å². The third-order valence-electron chi connectivity index (χ3n) is 3.95. The molecule has 1 aromatic heterocycles. The summed E-state index contributed by atoms with van der Waals surface area (Å²) in [5.74, 6) is 0. The first-order chi connectivity index (χ1) is 9.79. The van der Waals surface area contributed by atoms with Crippen molar-refractivity contribution in [1.82, 2.24) is 10.3 Å². The molecule has 0 spiro atoms. The summed E-state index contributed by atoms with van der Waals surface area (Å²) in [6.45, 7) is 6.29. The molecular formula is C17H28N2O. The largest absolute Gasteiger partial charge is 0.378 e. The van der Waals surface area contributed by atoms with E-state index in [2.05, 4.69) is 42.3 Å². The lowest BCUT2D eigenvalue weighted by Crippen LogP contribution is -2.23. The predicted molar refractivity (Wildman–Crippen MR) is 82.8 cm³/mol. The zero-order valence-corrected chi connectivity index (χ0v) is 12.9. The number of hydrogen-bond donors (Lipinski definition) is 1. The van der Waals surface area contributed by atoms with Gasteiger partial charge in [0.2, 0.25) is 0 Å². The smallest absolute Gasteiger partial charge is 0.0576 e. The zero-order valence-electron chi connectivity index (χ0n) is 12.9. The molecule has 1 aromatic rings. The number of aromatic nitrogens is 1. The van der Waals surface area contributed by atoms with Crippen molar-refractivity contribution < 1.29 is 4.74 Å². The number of hydrogen-bond acceptors (Lipinski definition) is 3. The van der Waals surface area contributed by atoms with E-state index in [1.807, 2.05) is 0 Å². The summed E-state index contributed by atoms with van der Waals surface area (Å²) < 4.78 is 5.70. The van der Waals surface area contributed by atoms with Crippen molar-refractivity contribution in [2.45, 2.75) is 64.5 Å². The van der Waals surface area contributed by atoms with Gasteiger partial charge in [0.1, 0.15) is 0 Å². The lowest BCUT2D eigenvalue weighted by molar-refractivity contribution is 0.101. The summed E-state index contributed by atoms with van der Waals surface area (Å²) in [6, 6.07) is 6.70. The minimum absolute atomic E-state index is 0.385. The second kappa shape index (κ2) is 8.38. The molecule has 0 bridgehead atoms. The number of pyridine rings is 1. The van der Waals surface area contributed by atoms with Gasteiger partial charge in [-0.3, -0.25) is 4.98 Å². The minimum Gasteiger partial charge on any atom is -0.378 e. The summed E-state index contributed by atoms with van der Waals surface area (Å²) in [4.78, 5) is 4.68. The quantitative estimate of drug-likeness (QED) is 0.784. The van der Waals surface area contributed by atoms with E-state index in [-0.39, 0.29) is 0 Å². The Morgan fingerprint density at radius 3 is 3.05 bits per heavy atom. The molecule has 1 aliphatic heterocycles. The van der Waals surface area contributed by atoms with E-state index in [0.29, 0.717) is 12.1 Å². The first-order valence-electron chi connectivity index (χ1n) is 8.08. The second-order valence-electron chi connectivity index (χ2n) is 5.78. The van der Waals surface area contributed by atoms with Crippen LogP contribution < -0.4 is 5.32 Å². The average molecular weight is 276 g/mol. The van der Waals surface area contributed by atoms with Crippen LogP contribution in [0.2, 0.25) is 0 Å². The molecule has 1 aliphatic rings. The van der Waals surface area contributed by atoms with Crippen LogP contribution in [-0.2, 0) is 4.74 Å². The van der Waals surface area contributed by atoms with Gasteiger partial charge in [-0.1, -0.05) is 13.0 Å². The van der Waals surface area contributed by atoms with Gasteiger partial charge in [-0.05, 0) is 64.1 Å². The first kappa shape index (κ1) is 15.5. The molecule has 3 heteroatoms. The highest BCUT2D eigenvalue weighted by Gasteiger charge is 2.17. The predicted octanol–water partition coefficient (Wildman–Crippen LogP) is 3.78. The van der Waals surface area contributed by atoms with Crippen molar-refractivity contribution in [3.05, 3.63) is 29.6 Å². The molecule has 2 unspecified atom stereocenters. The molecule has 0 radical (unpaired) electrons. The maximum atomic E-state index is 5.70. The van der Waals surface area contributed by atoms with Gasteiger partial charge >= 0.3 is 0 Å². The van der Waals surface area contributed by atoms with Crippen molar-refractivity contribution in [3.63, 3.8) is 0 Å². The molecule has 0 aliphatic carbocycles. The monoisotopic (exact) mass is 276 g/mol. The topological polar surface area (TPSA) is 34.1 Å². The molecule has 1 saturated heterocycles. The Labute approximate surface area is 123 Å². The van der Waals surface area contributed by atoms with Crippen molar-refractivity contribution in [2.75, 3.05) is 13.2 Å². The number of ether oxygens (including phenoxy) is 1. The van der Waals surface area contributed by atoms with Gasteiger partial charge in [0, 0.05) is 18.3 Å². The van der Waals surface area contributed by atoms with E-state index >= 15 is 0 Å². The number of nitrogens with one attached hydrogen (secondary N) is 1. The Morgan fingerprint density at radius 2 is 2.35 bits per heavy atom. The van der Waals surface area contributed by atoms with Gasteiger partial charge in [0.25, 0.3) is 0 Å². The number of aryl methyl sites for hydroxylation is 1. The second-order valence-corrected chi connectivity index (χ2v) is 5.78. The molecule has 1 fully saturated rings. The number of nitrogens with zero attached hydrogens (tertiary/aromatic N) is 1. The molecule has 0 saturated carbocycles. The Balaban J connectivity index is 1.85. The third kappa shape index (κ3) is 4.88. The zero-order chi connectivity index (χ0) is 14.2. The standard InChI is InChI=1S/C17H28N2O/c1-3-12-18-16(17-11-4-7-14(2)19-17)10-5-8-15-9-6-13-20-15/h4,7,11,15-16,18H,3,5-6,8-10,12-13H2,1-2H3. The molecule has 3 nitrogen and oxygen atoms in total. The summed E-state index contributed by atoms with van der Waals surface area (Å²) >= 11 is 0. The lowest BCUT2D eigenvalue weighted by Gasteiger charge is -2.19. The summed E-state index contributed by atoms with van der Waals surface area (Å²) in [5, 5.41) is 3.64. The lowest BCUT2D eigenvalue weighted by atomic mass is 10.0. The van der Waals surface area contributed by atoms with Crippen LogP contribution in [0, 0.1) is 6.92 Å². The Bertz CT molecular complexity index is 388. The summed E-state index contributed by atoms with van der Waals surface area (Å²) in [5.41, 5.74) is 2.29. The SMILES string of the molecule is CCCNC(CCCC1CCCO1)c1cccc(C)n1. The average Bonchev–Trinajstić information content (AvgIpc) is 2.96. The van der Waals surface area contributed by atoms with Crippen molar-refractivity contribution >= 4 is 0 Å². The van der Waals surface area contributed by atoms with Gasteiger partial charge in [-0.15, -0.1) is 0 Å². The van der Waals surface area contributed by atoms with Crippen LogP contribution in [0.1, 0.15) is 62.9 Å². The van der Waals surface area contributed by atoms with Crippen molar-refractivity contribution in [3.8, 4) is 0 Å². The number of rotatable bonds is 8. The fourth-order valence-corrected chi connectivity index (χ4v) is 2.85. The maximum Gasteiger partial charge on any atom is 0.0576 e. The summed E-state index contributed by atoms with van der Waals surface area (Å²) in [6.07, 6.45) is 7.70. The Hall–Kier alpha value is -0.930. The van der Waals surface area contributed by atoms with Gasteiger partial charge in [-0.25, -0.2) is 0 Å². The van der Waals surface area contributed by atoms with E-state index in [9.17, 15) is 0 Å². The van der Waals surface area contributed by atoms with E-state index in [1.165, 1.54) is 31.4 Å². The molecule has 2 atom stereocenters.